The SMILES string of the molecule is CCCN(CC(=O)NC)C(=O)c1cccc(N)c1C. The zero-order chi connectivity index (χ0) is 14.4. The van der Waals surface area contributed by atoms with Crippen LogP contribution in [0.2, 0.25) is 0 Å². The summed E-state index contributed by atoms with van der Waals surface area (Å²) in [6.45, 7) is 4.39. The molecule has 5 nitrogen and oxygen atoms in total. The molecule has 0 spiro atoms. The Morgan fingerprint density at radius 3 is 2.63 bits per heavy atom. The van der Waals surface area contributed by atoms with Gasteiger partial charge in [0.15, 0.2) is 0 Å². The number of carbonyl (C=O) groups is 2. The van der Waals surface area contributed by atoms with Crippen molar-refractivity contribution in [1.82, 2.24) is 10.2 Å². The molecular weight excluding hydrogens is 242 g/mol. The van der Waals surface area contributed by atoms with Gasteiger partial charge in [-0.25, -0.2) is 0 Å². The Kier molecular flexibility index (Phi) is 5.36. The Morgan fingerprint density at radius 2 is 2.05 bits per heavy atom. The van der Waals surface area contributed by atoms with Crippen LogP contribution < -0.4 is 11.1 Å². The minimum Gasteiger partial charge on any atom is -0.398 e. The van der Waals surface area contributed by atoms with Gasteiger partial charge in [-0.05, 0) is 31.0 Å². The topological polar surface area (TPSA) is 75.4 Å². The van der Waals surface area contributed by atoms with Gasteiger partial charge in [-0.2, -0.15) is 0 Å². The van der Waals surface area contributed by atoms with Crippen molar-refractivity contribution in [1.29, 1.82) is 0 Å². The molecule has 0 fully saturated rings. The number of carbonyl (C=O) groups excluding carboxylic acids is 2. The second kappa shape index (κ2) is 6.78. The molecule has 5 heteroatoms. The van der Waals surface area contributed by atoms with Crippen molar-refractivity contribution in [2.45, 2.75) is 20.3 Å². The van der Waals surface area contributed by atoms with E-state index >= 15 is 0 Å². The van der Waals surface area contributed by atoms with Gasteiger partial charge in [0.2, 0.25) is 5.91 Å². The predicted molar refractivity (Wildman–Crippen MR) is 75.9 cm³/mol. The number of anilines is 1. The van der Waals surface area contributed by atoms with Crippen LogP contribution in [-0.2, 0) is 4.79 Å². The number of nitrogens with one attached hydrogen (secondary N) is 1. The zero-order valence-electron chi connectivity index (χ0n) is 11.7. The molecule has 0 aliphatic heterocycles. The maximum absolute atomic E-state index is 12.4. The number of likely N-dealkylation sites (N-methyl/N-ethyl adjacent to an activating group) is 1. The third-order valence-electron chi connectivity index (χ3n) is 3.00. The molecule has 0 aromatic heterocycles. The van der Waals surface area contributed by atoms with Crippen molar-refractivity contribution in [3.05, 3.63) is 29.3 Å². The van der Waals surface area contributed by atoms with Crippen molar-refractivity contribution in [3.8, 4) is 0 Å². The molecule has 0 atom stereocenters. The van der Waals surface area contributed by atoms with E-state index in [-0.39, 0.29) is 18.4 Å². The fourth-order valence-electron chi connectivity index (χ4n) is 1.83. The van der Waals surface area contributed by atoms with Crippen LogP contribution in [0.3, 0.4) is 0 Å². The highest BCUT2D eigenvalue weighted by molar-refractivity contribution is 5.98. The van der Waals surface area contributed by atoms with Gasteiger partial charge >= 0.3 is 0 Å². The van der Waals surface area contributed by atoms with Crippen molar-refractivity contribution >= 4 is 17.5 Å². The molecule has 0 unspecified atom stereocenters. The predicted octanol–water partition coefficient (Wildman–Crippen LogP) is 1.18. The molecule has 2 amide bonds. The summed E-state index contributed by atoms with van der Waals surface area (Å²) < 4.78 is 0. The minimum atomic E-state index is -0.177. The van der Waals surface area contributed by atoms with Gasteiger partial charge in [0.05, 0.1) is 6.54 Å². The first kappa shape index (κ1) is 15.0. The molecule has 0 saturated heterocycles. The lowest BCUT2D eigenvalue weighted by Gasteiger charge is -2.22. The number of rotatable bonds is 5. The lowest BCUT2D eigenvalue weighted by molar-refractivity contribution is -0.121. The van der Waals surface area contributed by atoms with Crippen LogP contribution in [0.25, 0.3) is 0 Å². The van der Waals surface area contributed by atoms with Crippen LogP contribution in [0.5, 0.6) is 0 Å². The Bertz CT molecular complexity index is 472. The van der Waals surface area contributed by atoms with Crippen molar-refractivity contribution in [3.63, 3.8) is 0 Å². The maximum atomic E-state index is 12.4. The number of nitrogens with zero attached hydrogens (tertiary/aromatic N) is 1. The van der Waals surface area contributed by atoms with Gasteiger partial charge in [-0.15, -0.1) is 0 Å². The summed E-state index contributed by atoms with van der Waals surface area (Å²) in [6.07, 6.45) is 0.796. The van der Waals surface area contributed by atoms with E-state index in [4.69, 9.17) is 5.73 Å². The first-order valence-electron chi connectivity index (χ1n) is 6.36. The molecule has 0 aliphatic carbocycles. The fraction of sp³-hybridized carbons (Fsp3) is 0.429. The number of hydrogen-bond acceptors (Lipinski definition) is 3. The molecular formula is C14H21N3O2. The van der Waals surface area contributed by atoms with Crippen LogP contribution in [0.1, 0.15) is 29.3 Å². The third-order valence-corrected chi connectivity index (χ3v) is 3.00. The van der Waals surface area contributed by atoms with Gasteiger partial charge in [0.1, 0.15) is 0 Å². The normalized spacial score (nSPS) is 10.1. The van der Waals surface area contributed by atoms with E-state index in [0.29, 0.717) is 17.8 Å². The summed E-state index contributed by atoms with van der Waals surface area (Å²) in [5, 5.41) is 2.53. The minimum absolute atomic E-state index is 0.0669. The standard InChI is InChI=1S/C14H21N3O2/c1-4-8-17(9-13(18)16-3)14(19)11-6-5-7-12(15)10(11)2/h5-7H,4,8-9,15H2,1-3H3,(H,16,18). The molecule has 3 N–H and O–H groups in total. The molecule has 0 radical (unpaired) electrons. The second-order valence-electron chi connectivity index (χ2n) is 4.42. The second-order valence-corrected chi connectivity index (χ2v) is 4.42. The molecule has 1 aromatic carbocycles. The van der Waals surface area contributed by atoms with Crippen molar-refractivity contribution < 1.29 is 9.59 Å². The van der Waals surface area contributed by atoms with Crippen LogP contribution in [-0.4, -0.2) is 36.9 Å². The van der Waals surface area contributed by atoms with E-state index in [0.717, 1.165) is 12.0 Å². The van der Waals surface area contributed by atoms with Crippen LogP contribution in [0.4, 0.5) is 5.69 Å². The highest BCUT2D eigenvalue weighted by Gasteiger charge is 2.19. The third kappa shape index (κ3) is 3.71. The number of nitrogens with two attached hydrogens (primary N) is 1. The summed E-state index contributed by atoms with van der Waals surface area (Å²) in [5.74, 6) is -0.335. The first-order chi connectivity index (χ1) is 9.01. The van der Waals surface area contributed by atoms with Gasteiger partial charge in [-0.1, -0.05) is 13.0 Å². The largest absolute Gasteiger partial charge is 0.398 e. The molecule has 0 aliphatic rings. The fourth-order valence-corrected chi connectivity index (χ4v) is 1.83. The Labute approximate surface area is 113 Å². The van der Waals surface area contributed by atoms with E-state index in [1.54, 1.807) is 30.1 Å². The lowest BCUT2D eigenvalue weighted by Crippen LogP contribution is -2.40. The van der Waals surface area contributed by atoms with Gasteiger partial charge in [0, 0.05) is 24.8 Å². The number of hydrogen-bond donors (Lipinski definition) is 2. The zero-order valence-corrected chi connectivity index (χ0v) is 11.7. The highest BCUT2D eigenvalue weighted by atomic mass is 16.2. The smallest absolute Gasteiger partial charge is 0.254 e. The van der Waals surface area contributed by atoms with Gasteiger partial charge in [-0.3, -0.25) is 9.59 Å². The Hall–Kier alpha value is -2.04. The quantitative estimate of drug-likeness (QED) is 0.783. The average Bonchev–Trinajstić information content (AvgIpc) is 2.40. The van der Waals surface area contributed by atoms with Gasteiger partial charge < -0.3 is 16.0 Å². The summed E-state index contributed by atoms with van der Waals surface area (Å²) in [7, 11) is 1.56. The molecule has 19 heavy (non-hydrogen) atoms. The summed E-state index contributed by atoms with van der Waals surface area (Å²) in [6, 6.07) is 5.25. The molecule has 0 bridgehead atoms. The highest BCUT2D eigenvalue weighted by Crippen LogP contribution is 2.17. The van der Waals surface area contributed by atoms with E-state index in [9.17, 15) is 9.59 Å². The van der Waals surface area contributed by atoms with E-state index in [2.05, 4.69) is 5.32 Å². The van der Waals surface area contributed by atoms with Gasteiger partial charge in [0.25, 0.3) is 5.91 Å². The van der Waals surface area contributed by atoms with E-state index in [1.807, 2.05) is 13.8 Å². The summed E-state index contributed by atoms with van der Waals surface area (Å²) in [5.41, 5.74) is 7.70. The summed E-state index contributed by atoms with van der Waals surface area (Å²) >= 11 is 0. The number of benzene rings is 1. The molecule has 0 heterocycles. The lowest BCUT2D eigenvalue weighted by atomic mass is 10.1. The molecule has 104 valence electrons. The van der Waals surface area contributed by atoms with Crippen molar-refractivity contribution in [2.75, 3.05) is 25.9 Å². The summed E-state index contributed by atoms with van der Waals surface area (Å²) in [4.78, 5) is 25.4. The first-order valence-corrected chi connectivity index (χ1v) is 6.36. The number of nitrogen functional groups attached to an aromatic ring is 1. The average molecular weight is 263 g/mol. The van der Waals surface area contributed by atoms with E-state index < -0.39 is 0 Å². The number of amides is 2. The molecule has 1 rings (SSSR count). The van der Waals surface area contributed by atoms with E-state index in [1.165, 1.54) is 0 Å². The maximum Gasteiger partial charge on any atom is 0.254 e. The Balaban J connectivity index is 2.98. The monoisotopic (exact) mass is 263 g/mol. The molecule has 0 saturated carbocycles. The van der Waals surface area contributed by atoms with Crippen LogP contribution >= 0.6 is 0 Å². The van der Waals surface area contributed by atoms with Crippen molar-refractivity contribution in [2.24, 2.45) is 0 Å². The Morgan fingerprint density at radius 1 is 1.37 bits per heavy atom. The van der Waals surface area contributed by atoms with Crippen LogP contribution in [0, 0.1) is 6.92 Å². The molecule has 1 aromatic rings. The van der Waals surface area contributed by atoms with Crippen LogP contribution in [0.15, 0.2) is 18.2 Å².